The van der Waals surface area contributed by atoms with Gasteiger partial charge in [-0.3, -0.25) is 4.21 Å². The van der Waals surface area contributed by atoms with Gasteiger partial charge >= 0.3 is 0 Å². The number of hydrogen-bond acceptors (Lipinski definition) is 2. The fraction of sp³-hybridized carbons (Fsp3) is 0.647. The summed E-state index contributed by atoms with van der Waals surface area (Å²) < 4.78 is 12.7. The van der Waals surface area contributed by atoms with Crippen LogP contribution in [0.5, 0.6) is 0 Å². The second-order valence-electron chi connectivity index (χ2n) is 6.34. The van der Waals surface area contributed by atoms with Crippen molar-refractivity contribution in [1.82, 2.24) is 5.32 Å². The molecule has 1 aromatic carbocycles. The Kier molecular flexibility index (Phi) is 5.39. The van der Waals surface area contributed by atoms with E-state index in [-0.39, 0.29) is 11.3 Å². The zero-order valence-corrected chi connectivity index (χ0v) is 13.9. The molecule has 0 saturated carbocycles. The van der Waals surface area contributed by atoms with Gasteiger partial charge in [-0.25, -0.2) is 0 Å². The number of nitrogens with one attached hydrogen (secondary N) is 1. The Morgan fingerprint density at radius 1 is 1.30 bits per heavy atom. The molecule has 0 aromatic heterocycles. The van der Waals surface area contributed by atoms with Crippen LogP contribution in [0.2, 0.25) is 0 Å². The van der Waals surface area contributed by atoms with Gasteiger partial charge in [0.15, 0.2) is 0 Å². The monoisotopic (exact) mass is 293 g/mol. The van der Waals surface area contributed by atoms with Gasteiger partial charge in [0.25, 0.3) is 0 Å². The molecule has 0 radical (unpaired) electrons. The van der Waals surface area contributed by atoms with E-state index in [2.05, 4.69) is 50.4 Å². The molecule has 20 heavy (non-hydrogen) atoms. The fourth-order valence-electron chi connectivity index (χ4n) is 3.16. The highest BCUT2D eigenvalue weighted by molar-refractivity contribution is 7.85. The molecular formula is C17H27NOS. The first kappa shape index (κ1) is 15.7. The largest absolute Gasteiger partial charge is 0.312 e. The van der Waals surface area contributed by atoms with Crippen molar-refractivity contribution in [3.05, 3.63) is 35.4 Å². The van der Waals surface area contributed by atoms with E-state index in [4.69, 9.17) is 0 Å². The predicted octanol–water partition coefficient (Wildman–Crippen LogP) is 3.62. The number of benzene rings is 1. The molecule has 0 fully saturated rings. The first-order valence-corrected chi connectivity index (χ1v) is 9.06. The summed E-state index contributed by atoms with van der Waals surface area (Å²) in [5.41, 5.74) is 2.76. The van der Waals surface area contributed by atoms with Gasteiger partial charge in [-0.05, 0) is 42.9 Å². The van der Waals surface area contributed by atoms with E-state index in [1.165, 1.54) is 11.1 Å². The Bertz CT molecular complexity index is 472. The second-order valence-corrected chi connectivity index (χ2v) is 8.11. The van der Waals surface area contributed by atoms with Crippen molar-refractivity contribution < 1.29 is 4.21 Å². The summed E-state index contributed by atoms with van der Waals surface area (Å²) in [4.78, 5) is 0. The molecule has 1 aliphatic rings. The highest BCUT2D eigenvalue weighted by atomic mass is 32.2. The highest BCUT2D eigenvalue weighted by Crippen LogP contribution is 2.39. The summed E-state index contributed by atoms with van der Waals surface area (Å²) >= 11 is 0. The van der Waals surface area contributed by atoms with Crippen LogP contribution >= 0.6 is 0 Å². The lowest BCUT2D eigenvalue weighted by Crippen LogP contribution is -2.38. The maximum atomic E-state index is 12.7. The first-order valence-electron chi connectivity index (χ1n) is 7.67. The molecule has 0 saturated heterocycles. The van der Waals surface area contributed by atoms with Gasteiger partial charge in [0.2, 0.25) is 0 Å². The van der Waals surface area contributed by atoms with Crippen LogP contribution in [0.3, 0.4) is 0 Å². The molecule has 0 spiro atoms. The van der Waals surface area contributed by atoms with Crippen molar-refractivity contribution in [3.63, 3.8) is 0 Å². The lowest BCUT2D eigenvalue weighted by atomic mass is 9.81. The molecule has 1 aliphatic carbocycles. The van der Waals surface area contributed by atoms with Crippen molar-refractivity contribution in [3.8, 4) is 0 Å². The summed E-state index contributed by atoms with van der Waals surface area (Å²) in [7, 11) is 1.24. The van der Waals surface area contributed by atoms with Crippen molar-refractivity contribution >= 4 is 10.8 Å². The molecular weight excluding hydrogens is 266 g/mol. The number of hydrogen-bond donors (Lipinski definition) is 1. The molecule has 0 bridgehead atoms. The molecule has 1 N–H and O–H groups in total. The smallest absolute Gasteiger partial charge is 0.0548 e. The van der Waals surface area contributed by atoms with Crippen LogP contribution in [0.15, 0.2) is 24.3 Å². The van der Waals surface area contributed by atoms with Crippen molar-refractivity contribution in [1.29, 1.82) is 0 Å². The molecule has 2 rings (SSSR count). The highest BCUT2D eigenvalue weighted by Gasteiger charge is 2.35. The minimum atomic E-state index is -0.747. The van der Waals surface area contributed by atoms with Gasteiger partial charge in [0.05, 0.1) is 5.25 Å². The molecule has 112 valence electrons. The normalized spacial score (nSPS) is 27.4. The Balaban J connectivity index is 2.21. The zero-order valence-electron chi connectivity index (χ0n) is 13.1. The number of rotatable bonds is 5. The average molecular weight is 293 g/mol. The standard InChI is InChI=1S/C17H27NOS/c1-12(2)9-10-20(19)16-11-13(3)14-7-5-6-8-15(14)17(16)18-4/h5-8,12-13,16-18H,9-11H2,1-4H3. The summed E-state index contributed by atoms with van der Waals surface area (Å²) in [5.74, 6) is 1.96. The van der Waals surface area contributed by atoms with Crippen LogP contribution in [0, 0.1) is 5.92 Å². The van der Waals surface area contributed by atoms with E-state index in [0.29, 0.717) is 11.8 Å². The van der Waals surface area contributed by atoms with Crippen LogP contribution in [0.4, 0.5) is 0 Å². The summed E-state index contributed by atoms with van der Waals surface area (Å²) in [6.07, 6.45) is 2.07. The van der Waals surface area contributed by atoms with E-state index in [1.54, 1.807) is 0 Å². The van der Waals surface area contributed by atoms with Crippen molar-refractivity contribution in [2.75, 3.05) is 12.8 Å². The van der Waals surface area contributed by atoms with E-state index in [0.717, 1.165) is 18.6 Å². The molecule has 2 nitrogen and oxygen atoms in total. The van der Waals surface area contributed by atoms with Gasteiger partial charge < -0.3 is 5.32 Å². The Hall–Kier alpha value is -0.670. The van der Waals surface area contributed by atoms with Gasteiger partial charge in [-0.15, -0.1) is 0 Å². The molecule has 0 aliphatic heterocycles. The summed E-state index contributed by atoms with van der Waals surface area (Å²) in [6.45, 7) is 6.66. The predicted molar refractivity (Wildman–Crippen MR) is 87.5 cm³/mol. The van der Waals surface area contributed by atoms with E-state index < -0.39 is 10.8 Å². The quantitative estimate of drug-likeness (QED) is 0.898. The van der Waals surface area contributed by atoms with Gasteiger partial charge in [0.1, 0.15) is 0 Å². The van der Waals surface area contributed by atoms with Crippen molar-refractivity contribution in [2.45, 2.75) is 50.8 Å². The van der Waals surface area contributed by atoms with Gasteiger partial charge in [0, 0.05) is 22.6 Å². The maximum absolute atomic E-state index is 12.7. The Morgan fingerprint density at radius 3 is 2.55 bits per heavy atom. The SMILES string of the molecule is CNC1c2ccccc2C(C)CC1S(=O)CCC(C)C. The third-order valence-electron chi connectivity index (χ3n) is 4.36. The van der Waals surface area contributed by atoms with Crippen molar-refractivity contribution in [2.24, 2.45) is 5.92 Å². The Labute approximate surface area is 125 Å². The summed E-state index contributed by atoms with van der Waals surface area (Å²) in [6, 6.07) is 8.85. The van der Waals surface area contributed by atoms with E-state index in [1.807, 2.05) is 7.05 Å². The van der Waals surface area contributed by atoms with Gasteiger partial charge in [-0.2, -0.15) is 0 Å². The minimum Gasteiger partial charge on any atom is -0.312 e. The van der Waals surface area contributed by atoms with E-state index >= 15 is 0 Å². The molecule has 1 aromatic rings. The van der Waals surface area contributed by atoms with E-state index in [9.17, 15) is 4.21 Å². The molecule has 0 heterocycles. The van der Waals surface area contributed by atoms with Gasteiger partial charge in [-0.1, -0.05) is 45.0 Å². The average Bonchev–Trinajstić information content (AvgIpc) is 2.44. The molecule has 0 amide bonds. The number of fused-ring (bicyclic) bond motifs is 1. The van der Waals surface area contributed by atoms with Crippen LogP contribution in [0.25, 0.3) is 0 Å². The zero-order chi connectivity index (χ0) is 14.7. The summed E-state index contributed by atoms with van der Waals surface area (Å²) in [5, 5.41) is 3.65. The molecule has 4 unspecified atom stereocenters. The third-order valence-corrected chi connectivity index (χ3v) is 6.14. The molecule has 4 atom stereocenters. The minimum absolute atomic E-state index is 0.232. The lowest BCUT2D eigenvalue weighted by Gasteiger charge is -2.36. The lowest BCUT2D eigenvalue weighted by molar-refractivity contribution is 0.461. The topological polar surface area (TPSA) is 29.1 Å². The first-order chi connectivity index (χ1) is 9.54. The Morgan fingerprint density at radius 2 is 1.95 bits per heavy atom. The molecule has 3 heteroatoms. The second kappa shape index (κ2) is 6.86. The van der Waals surface area contributed by atoms with Crippen LogP contribution in [-0.4, -0.2) is 22.3 Å². The van der Waals surface area contributed by atoms with Crippen LogP contribution < -0.4 is 5.32 Å². The van der Waals surface area contributed by atoms with Crippen LogP contribution in [0.1, 0.15) is 56.7 Å². The van der Waals surface area contributed by atoms with Crippen LogP contribution in [-0.2, 0) is 10.8 Å². The third kappa shape index (κ3) is 3.32. The maximum Gasteiger partial charge on any atom is 0.0548 e. The fourth-order valence-corrected chi connectivity index (χ4v) is 5.25.